The first-order valence-corrected chi connectivity index (χ1v) is 7.72. The van der Waals surface area contributed by atoms with Gasteiger partial charge in [0.2, 0.25) is 0 Å². The second-order valence-corrected chi connectivity index (χ2v) is 5.72. The highest BCUT2D eigenvalue weighted by molar-refractivity contribution is 7.13. The molecular formula is C14H16N2O6S. The largest absolute Gasteiger partial charge is 0.481 e. The summed E-state index contributed by atoms with van der Waals surface area (Å²) >= 11 is 1.42. The van der Waals surface area contributed by atoms with E-state index >= 15 is 0 Å². The van der Waals surface area contributed by atoms with E-state index in [4.69, 9.17) is 25.2 Å². The van der Waals surface area contributed by atoms with E-state index in [1.807, 2.05) is 17.5 Å². The molecule has 4 N–H and O–H groups in total. The van der Waals surface area contributed by atoms with Crippen molar-refractivity contribution >= 4 is 23.3 Å². The molecule has 8 nitrogen and oxygen atoms in total. The van der Waals surface area contributed by atoms with Crippen LogP contribution in [0.2, 0.25) is 0 Å². The number of ether oxygens (including phenoxy) is 1. The van der Waals surface area contributed by atoms with E-state index in [2.05, 4.69) is 5.16 Å². The minimum Gasteiger partial charge on any atom is -0.481 e. The molecule has 0 amide bonds. The van der Waals surface area contributed by atoms with Gasteiger partial charge in [-0.2, -0.15) is 0 Å². The maximum atomic E-state index is 11.0. The Balaban J connectivity index is 2.17. The lowest BCUT2D eigenvalue weighted by Crippen LogP contribution is -2.32. The summed E-state index contributed by atoms with van der Waals surface area (Å²) in [6, 6.07) is 2.53. The molecule has 1 unspecified atom stereocenters. The number of carboxylic acid groups (broad SMARTS) is 2. The minimum absolute atomic E-state index is 0.000328. The fourth-order valence-electron chi connectivity index (χ4n) is 1.89. The quantitative estimate of drug-likeness (QED) is 0.586. The zero-order valence-electron chi connectivity index (χ0n) is 12.1. The van der Waals surface area contributed by atoms with Crippen molar-refractivity contribution in [2.24, 2.45) is 5.73 Å². The summed E-state index contributed by atoms with van der Waals surface area (Å²) in [6.45, 7) is 0.137. The van der Waals surface area contributed by atoms with Gasteiger partial charge in [-0.25, -0.2) is 0 Å². The molecule has 0 spiro atoms. The van der Waals surface area contributed by atoms with E-state index in [1.165, 1.54) is 11.3 Å². The second kappa shape index (κ2) is 7.75. The SMILES string of the molecule is NC(Cc1c(OCCCC(=O)O)noc1-c1cccs1)C(=O)O. The van der Waals surface area contributed by atoms with Gasteiger partial charge in [-0.1, -0.05) is 6.07 Å². The van der Waals surface area contributed by atoms with Crippen LogP contribution in [0.3, 0.4) is 0 Å². The molecule has 2 rings (SSSR count). The van der Waals surface area contributed by atoms with Gasteiger partial charge in [0.25, 0.3) is 5.88 Å². The monoisotopic (exact) mass is 340 g/mol. The van der Waals surface area contributed by atoms with Gasteiger partial charge >= 0.3 is 11.9 Å². The lowest BCUT2D eigenvalue weighted by Gasteiger charge is -2.08. The van der Waals surface area contributed by atoms with Gasteiger partial charge in [-0.05, 0) is 23.0 Å². The summed E-state index contributed by atoms with van der Waals surface area (Å²) in [5, 5.41) is 23.3. The molecule has 124 valence electrons. The molecule has 0 bridgehead atoms. The molecule has 23 heavy (non-hydrogen) atoms. The molecule has 9 heteroatoms. The third-order valence-corrected chi connectivity index (χ3v) is 3.88. The first-order chi connectivity index (χ1) is 11.0. The van der Waals surface area contributed by atoms with Gasteiger partial charge in [0, 0.05) is 12.8 Å². The Labute approximate surface area is 135 Å². The molecule has 0 saturated carbocycles. The maximum Gasteiger partial charge on any atom is 0.320 e. The highest BCUT2D eigenvalue weighted by Gasteiger charge is 2.24. The van der Waals surface area contributed by atoms with Crippen molar-refractivity contribution in [1.29, 1.82) is 0 Å². The van der Waals surface area contributed by atoms with E-state index in [9.17, 15) is 9.59 Å². The van der Waals surface area contributed by atoms with Crippen LogP contribution in [-0.4, -0.2) is 40.0 Å². The number of aliphatic carboxylic acids is 2. The van der Waals surface area contributed by atoms with Crippen LogP contribution in [0.25, 0.3) is 10.6 Å². The van der Waals surface area contributed by atoms with Crippen LogP contribution >= 0.6 is 11.3 Å². The number of aromatic nitrogens is 1. The van der Waals surface area contributed by atoms with Crippen molar-refractivity contribution in [2.45, 2.75) is 25.3 Å². The highest BCUT2D eigenvalue weighted by atomic mass is 32.1. The van der Waals surface area contributed by atoms with Gasteiger partial charge in [0.15, 0.2) is 5.76 Å². The lowest BCUT2D eigenvalue weighted by atomic mass is 10.1. The van der Waals surface area contributed by atoms with Gasteiger partial charge in [-0.15, -0.1) is 11.3 Å². The summed E-state index contributed by atoms with van der Waals surface area (Å²) in [4.78, 5) is 22.3. The summed E-state index contributed by atoms with van der Waals surface area (Å²) < 4.78 is 10.7. The molecule has 0 aliphatic carbocycles. The van der Waals surface area contributed by atoms with E-state index in [-0.39, 0.29) is 25.3 Å². The predicted molar refractivity (Wildman–Crippen MR) is 81.5 cm³/mol. The Morgan fingerprint density at radius 3 is 2.83 bits per heavy atom. The van der Waals surface area contributed by atoms with Crippen molar-refractivity contribution in [3.63, 3.8) is 0 Å². The lowest BCUT2D eigenvalue weighted by molar-refractivity contribution is -0.139. The van der Waals surface area contributed by atoms with Crippen molar-refractivity contribution in [2.75, 3.05) is 6.61 Å². The molecule has 2 aromatic heterocycles. The number of hydrogen-bond donors (Lipinski definition) is 3. The maximum absolute atomic E-state index is 11.0. The number of nitrogens with two attached hydrogens (primary N) is 1. The Kier molecular flexibility index (Phi) is 5.72. The summed E-state index contributed by atoms with van der Waals surface area (Å²) in [5.74, 6) is -1.48. The molecular weight excluding hydrogens is 324 g/mol. The summed E-state index contributed by atoms with van der Waals surface area (Å²) in [5.41, 5.74) is 6.06. The van der Waals surface area contributed by atoms with E-state index in [0.717, 1.165) is 4.88 Å². The Morgan fingerprint density at radius 1 is 1.43 bits per heavy atom. The molecule has 0 aliphatic rings. The molecule has 0 fully saturated rings. The minimum atomic E-state index is -1.14. The van der Waals surface area contributed by atoms with Crippen LogP contribution in [0.1, 0.15) is 18.4 Å². The molecule has 0 aliphatic heterocycles. The average Bonchev–Trinajstić information content (AvgIpc) is 3.13. The zero-order valence-corrected chi connectivity index (χ0v) is 12.9. The van der Waals surface area contributed by atoms with Gasteiger partial charge in [-0.3, -0.25) is 9.59 Å². The van der Waals surface area contributed by atoms with Gasteiger partial charge in [0.05, 0.1) is 17.0 Å². The number of hydrogen-bond acceptors (Lipinski definition) is 7. The Hall–Kier alpha value is -2.39. The van der Waals surface area contributed by atoms with E-state index in [0.29, 0.717) is 17.7 Å². The van der Waals surface area contributed by atoms with E-state index in [1.54, 1.807) is 0 Å². The van der Waals surface area contributed by atoms with Crippen LogP contribution in [0.15, 0.2) is 22.0 Å². The number of nitrogens with zero attached hydrogens (tertiary/aromatic N) is 1. The Bertz CT molecular complexity index is 667. The average molecular weight is 340 g/mol. The van der Waals surface area contributed by atoms with Crippen molar-refractivity contribution in [3.05, 3.63) is 23.1 Å². The summed E-state index contributed by atoms with van der Waals surface area (Å²) in [7, 11) is 0. The van der Waals surface area contributed by atoms with Crippen LogP contribution in [0, 0.1) is 0 Å². The first kappa shape index (κ1) is 17.0. The van der Waals surface area contributed by atoms with Crippen LogP contribution in [-0.2, 0) is 16.0 Å². The fraction of sp³-hybridized carbons (Fsp3) is 0.357. The standard InChI is InChI=1S/C14H16N2O6S/c15-9(14(19)20)7-8-12(10-3-2-6-23-10)22-16-13(8)21-5-1-4-11(17)18/h2-3,6,9H,1,4-5,7,15H2,(H,17,18)(H,19,20). The highest BCUT2D eigenvalue weighted by Crippen LogP contribution is 2.34. The molecule has 1 atom stereocenters. The Morgan fingerprint density at radius 2 is 2.22 bits per heavy atom. The van der Waals surface area contributed by atoms with Gasteiger partial charge < -0.3 is 25.2 Å². The third-order valence-electron chi connectivity index (χ3n) is 3.01. The smallest absolute Gasteiger partial charge is 0.320 e. The molecule has 2 aromatic rings. The normalized spacial score (nSPS) is 12.0. The predicted octanol–water partition coefficient (Wildman–Crippen LogP) is 1.60. The van der Waals surface area contributed by atoms with Crippen molar-refractivity contribution in [3.8, 4) is 16.5 Å². The second-order valence-electron chi connectivity index (χ2n) is 4.77. The van der Waals surface area contributed by atoms with Crippen molar-refractivity contribution in [1.82, 2.24) is 5.16 Å². The number of thiophene rings is 1. The molecule has 0 aromatic carbocycles. The van der Waals surface area contributed by atoms with Crippen LogP contribution in [0.4, 0.5) is 0 Å². The third kappa shape index (κ3) is 4.54. The van der Waals surface area contributed by atoms with Gasteiger partial charge in [0.1, 0.15) is 6.04 Å². The van der Waals surface area contributed by atoms with Crippen LogP contribution < -0.4 is 10.5 Å². The molecule has 0 saturated heterocycles. The van der Waals surface area contributed by atoms with Crippen LogP contribution in [0.5, 0.6) is 5.88 Å². The summed E-state index contributed by atoms with van der Waals surface area (Å²) in [6.07, 6.45) is 0.279. The first-order valence-electron chi connectivity index (χ1n) is 6.84. The number of carbonyl (C=O) groups is 2. The number of carboxylic acids is 2. The fourth-order valence-corrected chi connectivity index (χ4v) is 2.62. The molecule has 0 radical (unpaired) electrons. The number of rotatable bonds is 9. The van der Waals surface area contributed by atoms with Crippen molar-refractivity contribution < 1.29 is 29.1 Å². The zero-order chi connectivity index (χ0) is 16.8. The van der Waals surface area contributed by atoms with E-state index < -0.39 is 18.0 Å². The topological polar surface area (TPSA) is 136 Å². The molecule has 2 heterocycles.